The highest BCUT2D eigenvalue weighted by Crippen LogP contribution is 2.45. The van der Waals surface area contributed by atoms with Gasteiger partial charge in [0.05, 0.1) is 5.41 Å². The first-order valence-corrected chi connectivity index (χ1v) is 4.43. The van der Waals surface area contributed by atoms with E-state index in [9.17, 15) is 4.79 Å². The number of carbonyl (C=O) groups is 1. The summed E-state index contributed by atoms with van der Waals surface area (Å²) in [5.74, 6) is 0.862. The second-order valence-electron chi connectivity index (χ2n) is 4.20. The molecule has 1 rings (SSSR count). The van der Waals surface area contributed by atoms with Gasteiger partial charge in [0.2, 0.25) is 5.91 Å². The second kappa shape index (κ2) is 3.05. The van der Waals surface area contributed by atoms with E-state index in [2.05, 4.69) is 6.92 Å². The zero-order chi connectivity index (χ0) is 9.35. The lowest BCUT2D eigenvalue weighted by atomic mass is 9.62. The molecule has 1 fully saturated rings. The standard InChI is InChI=1S/C9H18N2O/c1-7-4-9(5-7,6-10)8(12)11(2)3/h7H,4-6,10H2,1-3H3. The van der Waals surface area contributed by atoms with Crippen LogP contribution in [0.15, 0.2) is 0 Å². The summed E-state index contributed by atoms with van der Waals surface area (Å²) < 4.78 is 0. The molecule has 3 heteroatoms. The molecule has 0 aromatic heterocycles. The second-order valence-corrected chi connectivity index (χ2v) is 4.20. The summed E-state index contributed by atoms with van der Waals surface area (Å²) in [5, 5.41) is 0. The van der Waals surface area contributed by atoms with Gasteiger partial charge < -0.3 is 10.6 Å². The first-order chi connectivity index (χ1) is 5.52. The number of nitrogens with zero attached hydrogens (tertiary/aromatic N) is 1. The Morgan fingerprint density at radius 2 is 2.08 bits per heavy atom. The molecule has 1 aliphatic carbocycles. The molecule has 1 aliphatic rings. The number of hydrogen-bond acceptors (Lipinski definition) is 2. The molecule has 70 valence electrons. The molecule has 0 aromatic carbocycles. The molecule has 3 nitrogen and oxygen atoms in total. The summed E-state index contributed by atoms with van der Waals surface area (Å²) >= 11 is 0. The van der Waals surface area contributed by atoms with Crippen molar-refractivity contribution in [1.82, 2.24) is 4.90 Å². The lowest BCUT2D eigenvalue weighted by molar-refractivity contribution is -0.146. The average Bonchev–Trinajstić information content (AvgIpc) is 1.96. The van der Waals surface area contributed by atoms with Crippen LogP contribution < -0.4 is 5.73 Å². The fraction of sp³-hybridized carbons (Fsp3) is 0.889. The van der Waals surface area contributed by atoms with Gasteiger partial charge in [-0.25, -0.2) is 0 Å². The molecular weight excluding hydrogens is 152 g/mol. The van der Waals surface area contributed by atoms with Crippen molar-refractivity contribution in [2.45, 2.75) is 19.8 Å². The van der Waals surface area contributed by atoms with E-state index in [1.54, 1.807) is 19.0 Å². The third-order valence-electron chi connectivity index (χ3n) is 2.73. The van der Waals surface area contributed by atoms with Gasteiger partial charge in [0, 0.05) is 20.6 Å². The summed E-state index contributed by atoms with van der Waals surface area (Å²) in [7, 11) is 3.59. The fourth-order valence-corrected chi connectivity index (χ4v) is 2.18. The van der Waals surface area contributed by atoms with E-state index in [1.807, 2.05) is 0 Å². The van der Waals surface area contributed by atoms with Gasteiger partial charge >= 0.3 is 0 Å². The molecule has 0 bridgehead atoms. The molecule has 0 aromatic rings. The van der Waals surface area contributed by atoms with Gasteiger partial charge in [0.15, 0.2) is 0 Å². The van der Waals surface area contributed by atoms with E-state index in [1.165, 1.54) is 0 Å². The van der Waals surface area contributed by atoms with Crippen molar-refractivity contribution < 1.29 is 4.79 Å². The van der Waals surface area contributed by atoms with Crippen LogP contribution in [0.5, 0.6) is 0 Å². The fourth-order valence-electron chi connectivity index (χ4n) is 2.18. The Labute approximate surface area is 73.9 Å². The molecule has 2 N–H and O–H groups in total. The van der Waals surface area contributed by atoms with Crippen molar-refractivity contribution in [2.75, 3.05) is 20.6 Å². The molecule has 1 saturated carbocycles. The molecule has 0 spiro atoms. The minimum Gasteiger partial charge on any atom is -0.348 e. The van der Waals surface area contributed by atoms with Crippen molar-refractivity contribution >= 4 is 5.91 Å². The SMILES string of the molecule is CC1CC(CN)(C(=O)N(C)C)C1. The smallest absolute Gasteiger partial charge is 0.229 e. The summed E-state index contributed by atoms with van der Waals surface area (Å²) in [5.41, 5.74) is 5.40. The highest BCUT2D eigenvalue weighted by atomic mass is 16.2. The van der Waals surface area contributed by atoms with E-state index >= 15 is 0 Å². The van der Waals surface area contributed by atoms with Gasteiger partial charge in [-0.3, -0.25) is 4.79 Å². The van der Waals surface area contributed by atoms with E-state index in [0.29, 0.717) is 12.5 Å². The Balaban J connectivity index is 2.63. The predicted octanol–water partition coefficient (Wildman–Crippen LogP) is 0.450. The largest absolute Gasteiger partial charge is 0.348 e. The normalized spacial score (nSPS) is 34.2. The Morgan fingerprint density at radius 1 is 1.58 bits per heavy atom. The molecule has 0 heterocycles. The molecule has 0 saturated heterocycles. The highest BCUT2D eigenvalue weighted by molar-refractivity contribution is 5.83. The van der Waals surface area contributed by atoms with Crippen LogP contribution in [0, 0.1) is 11.3 Å². The van der Waals surface area contributed by atoms with Crippen molar-refractivity contribution in [3.05, 3.63) is 0 Å². The van der Waals surface area contributed by atoms with E-state index < -0.39 is 0 Å². The number of rotatable bonds is 2. The van der Waals surface area contributed by atoms with E-state index in [0.717, 1.165) is 12.8 Å². The lowest BCUT2D eigenvalue weighted by Crippen LogP contribution is -2.52. The van der Waals surface area contributed by atoms with Crippen molar-refractivity contribution in [3.63, 3.8) is 0 Å². The molecule has 12 heavy (non-hydrogen) atoms. The summed E-state index contributed by atoms with van der Waals surface area (Å²) in [4.78, 5) is 13.3. The van der Waals surface area contributed by atoms with Gasteiger partial charge in [0.25, 0.3) is 0 Å². The first-order valence-electron chi connectivity index (χ1n) is 4.43. The maximum absolute atomic E-state index is 11.7. The zero-order valence-corrected chi connectivity index (χ0v) is 8.13. The Bertz CT molecular complexity index is 183. The molecule has 1 amide bonds. The topological polar surface area (TPSA) is 46.3 Å². The van der Waals surface area contributed by atoms with Crippen LogP contribution in [0.4, 0.5) is 0 Å². The quantitative estimate of drug-likeness (QED) is 0.654. The molecule has 0 unspecified atom stereocenters. The number of carbonyl (C=O) groups excluding carboxylic acids is 1. The van der Waals surface area contributed by atoms with Crippen LogP contribution in [0.25, 0.3) is 0 Å². The first kappa shape index (κ1) is 9.52. The third kappa shape index (κ3) is 1.33. The average molecular weight is 170 g/mol. The predicted molar refractivity (Wildman–Crippen MR) is 48.6 cm³/mol. The van der Waals surface area contributed by atoms with Crippen molar-refractivity contribution in [3.8, 4) is 0 Å². The van der Waals surface area contributed by atoms with E-state index in [4.69, 9.17) is 5.73 Å². The maximum atomic E-state index is 11.7. The summed E-state index contributed by atoms with van der Waals surface area (Å²) in [6.07, 6.45) is 1.92. The Hall–Kier alpha value is -0.570. The summed E-state index contributed by atoms with van der Waals surface area (Å²) in [6, 6.07) is 0. The number of amides is 1. The molecule has 0 atom stereocenters. The van der Waals surface area contributed by atoms with Crippen LogP contribution in [0.1, 0.15) is 19.8 Å². The van der Waals surface area contributed by atoms with Crippen molar-refractivity contribution in [2.24, 2.45) is 17.1 Å². The summed E-state index contributed by atoms with van der Waals surface area (Å²) in [6.45, 7) is 2.66. The van der Waals surface area contributed by atoms with E-state index in [-0.39, 0.29) is 11.3 Å². The van der Waals surface area contributed by atoms with Gasteiger partial charge in [-0.2, -0.15) is 0 Å². The van der Waals surface area contributed by atoms with Crippen LogP contribution in [-0.4, -0.2) is 31.4 Å². The molecule has 0 aliphatic heterocycles. The van der Waals surface area contributed by atoms with Crippen LogP contribution in [0.2, 0.25) is 0 Å². The molecular formula is C9H18N2O. The Kier molecular flexibility index (Phi) is 2.42. The van der Waals surface area contributed by atoms with Gasteiger partial charge in [-0.15, -0.1) is 0 Å². The molecule has 0 radical (unpaired) electrons. The minimum atomic E-state index is -0.219. The van der Waals surface area contributed by atoms with Crippen LogP contribution >= 0.6 is 0 Å². The van der Waals surface area contributed by atoms with Gasteiger partial charge in [-0.1, -0.05) is 6.92 Å². The van der Waals surface area contributed by atoms with Crippen LogP contribution in [0.3, 0.4) is 0 Å². The monoisotopic (exact) mass is 170 g/mol. The van der Waals surface area contributed by atoms with Crippen molar-refractivity contribution in [1.29, 1.82) is 0 Å². The van der Waals surface area contributed by atoms with Crippen LogP contribution in [-0.2, 0) is 4.79 Å². The highest BCUT2D eigenvalue weighted by Gasteiger charge is 2.47. The Morgan fingerprint density at radius 3 is 2.33 bits per heavy atom. The third-order valence-corrected chi connectivity index (χ3v) is 2.73. The maximum Gasteiger partial charge on any atom is 0.229 e. The number of hydrogen-bond donors (Lipinski definition) is 1. The lowest BCUT2D eigenvalue weighted by Gasteiger charge is -2.45. The number of nitrogens with two attached hydrogens (primary N) is 1. The minimum absolute atomic E-state index is 0.197. The van der Waals surface area contributed by atoms with Gasteiger partial charge in [0.1, 0.15) is 0 Å². The van der Waals surface area contributed by atoms with Gasteiger partial charge in [-0.05, 0) is 18.8 Å². The zero-order valence-electron chi connectivity index (χ0n) is 8.13.